The van der Waals surface area contributed by atoms with Gasteiger partial charge in [-0.1, -0.05) is 30.3 Å². The van der Waals surface area contributed by atoms with Crippen molar-refractivity contribution in [1.29, 1.82) is 0 Å². The van der Waals surface area contributed by atoms with Crippen LogP contribution < -0.4 is 0 Å². The number of nitrogens with zero attached hydrogens (tertiary/aromatic N) is 2. The van der Waals surface area contributed by atoms with Crippen LogP contribution in [-0.4, -0.2) is 53.8 Å². The van der Waals surface area contributed by atoms with Crippen LogP contribution >= 0.6 is 11.8 Å². The van der Waals surface area contributed by atoms with E-state index in [-0.39, 0.29) is 12.5 Å². The van der Waals surface area contributed by atoms with E-state index in [1.165, 1.54) is 4.90 Å². The van der Waals surface area contributed by atoms with Crippen molar-refractivity contribution in [3.05, 3.63) is 35.9 Å². The molecule has 1 atom stereocenters. The number of rotatable bonds is 5. The molecule has 1 aromatic rings. The van der Waals surface area contributed by atoms with Crippen molar-refractivity contribution in [2.75, 3.05) is 26.0 Å². The Balaban J connectivity index is 1.98. The molecule has 1 amide bonds. The summed E-state index contributed by atoms with van der Waals surface area (Å²) in [4.78, 5) is 29.5. The van der Waals surface area contributed by atoms with Crippen molar-refractivity contribution in [2.24, 2.45) is 4.99 Å². The minimum Gasteiger partial charge on any atom is -0.465 e. The molecule has 0 saturated heterocycles. The lowest BCUT2D eigenvalue weighted by atomic mass is 10.2. The fourth-order valence-electron chi connectivity index (χ4n) is 1.97. The summed E-state index contributed by atoms with van der Waals surface area (Å²) in [6.45, 7) is 2.02. The number of thioether (sulfide) groups is 1. The van der Waals surface area contributed by atoms with Gasteiger partial charge in [0.15, 0.2) is 0 Å². The van der Waals surface area contributed by atoms with Crippen molar-refractivity contribution in [1.82, 2.24) is 4.90 Å². The Morgan fingerprint density at radius 3 is 2.76 bits per heavy atom. The number of likely N-dealkylation sites (N-methyl/N-ethyl adjacent to an activating group) is 1. The van der Waals surface area contributed by atoms with Gasteiger partial charge in [0.25, 0.3) is 0 Å². The van der Waals surface area contributed by atoms with E-state index >= 15 is 0 Å². The molecular formula is C15H18N2O3S. The largest absolute Gasteiger partial charge is 0.465 e. The Kier molecular flexibility index (Phi) is 5.38. The number of hydrogen-bond acceptors (Lipinski definition) is 5. The SMILES string of the molecule is CCOC(=O)CN(C)C(=O)C1CSC(c2ccccc2)=N1. The first kappa shape index (κ1) is 15.6. The van der Waals surface area contributed by atoms with E-state index in [0.717, 1.165) is 10.6 Å². The van der Waals surface area contributed by atoms with Crippen molar-refractivity contribution < 1.29 is 14.3 Å². The Bertz CT molecular complexity index is 545. The predicted molar refractivity (Wildman–Crippen MR) is 83.5 cm³/mol. The lowest BCUT2D eigenvalue weighted by Gasteiger charge is -2.18. The van der Waals surface area contributed by atoms with Crippen molar-refractivity contribution in [2.45, 2.75) is 13.0 Å². The number of amides is 1. The molecule has 1 unspecified atom stereocenters. The van der Waals surface area contributed by atoms with Gasteiger partial charge in [0.1, 0.15) is 12.6 Å². The molecule has 0 radical (unpaired) electrons. The summed E-state index contributed by atoms with van der Waals surface area (Å²) in [7, 11) is 1.60. The minimum absolute atomic E-state index is 0.0377. The van der Waals surface area contributed by atoms with Gasteiger partial charge >= 0.3 is 5.97 Å². The second-order valence-electron chi connectivity index (χ2n) is 4.63. The van der Waals surface area contributed by atoms with Crippen LogP contribution in [0, 0.1) is 0 Å². The maximum Gasteiger partial charge on any atom is 0.325 e. The smallest absolute Gasteiger partial charge is 0.325 e. The zero-order valence-corrected chi connectivity index (χ0v) is 12.9. The predicted octanol–water partition coefficient (Wildman–Crippen LogP) is 1.57. The fourth-order valence-corrected chi connectivity index (χ4v) is 3.01. The van der Waals surface area contributed by atoms with E-state index in [2.05, 4.69) is 4.99 Å². The molecule has 2 rings (SSSR count). The van der Waals surface area contributed by atoms with Gasteiger partial charge in [0.2, 0.25) is 5.91 Å². The van der Waals surface area contributed by atoms with Gasteiger partial charge in [-0.05, 0) is 6.92 Å². The molecule has 0 aromatic heterocycles. The van der Waals surface area contributed by atoms with Gasteiger partial charge in [-0.15, -0.1) is 11.8 Å². The van der Waals surface area contributed by atoms with Crippen LogP contribution in [0.2, 0.25) is 0 Å². The first-order valence-corrected chi connectivity index (χ1v) is 7.77. The van der Waals surface area contributed by atoms with E-state index in [0.29, 0.717) is 12.4 Å². The molecule has 1 aliphatic rings. The third kappa shape index (κ3) is 4.07. The van der Waals surface area contributed by atoms with Crippen LogP contribution in [0.3, 0.4) is 0 Å². The summed E-state index contributed by atoms with van der Waals surface area (Å²) >= 11 is 1.56. The molecule has 0 saturated carbocycles. The third-order valence-corrected chi connectivity index (χ3v) is 4.10. The zero-order chi connectivity index (χ0) is 15.2. The molecule has 5 nitrogen and oxygen atoms in total. The van der Waals surface area contributed by atoms with E-state index in [4.69, 9.17) is 4.74 Å². The molecule has 1 aliphatic heterocycles. The molecule has 0 bridgehead atoms. The minimum atomic E-state index is -0.426. The normalized spacial score (nSPS) is 17.2. The van der Waals surface area contributed by atoms with Gasteiger partial charge in [0, 0.05) is 18.4 Å². The summed E-state index contributed by atoms with van der Waals surface area (Å²) in [6, 6.07) is 9.35. The Morgan fingerprint density at radius 2 is 2.10 bits per heavy atom. The van der Waals surface area contributed by atoms with E-state index < -0.39 is 12.0 Å². The molecule has 0 fully saturated rings. The fraction of sp³-hybridized carbons (Fsp3) is 0.400. The summed E-state index contributed by atoms with van der Waals surface area (Å²) in [5.41, 5.74) is 1.02. The summed E-state index contributed by atoms with van der Waals surface area (Å²) in [6.07, 6.45) is 0. The Morgan fingerprint density at radius 1 is 1.38 bits per heavy atom. The third-order valence-electron chi connectivity index (χ3n) is 3.00. The summed E-state index contributed by atoms with van der Waals surface area (Å²) < 4.78 is 4.84. The number of ether oxygens (including phenoxy) is 1. The molecule has 0 spiro atoms. The maximum absolute atomic E-state index is 12.3. The lowest BCUT2D eigenvalue weighted by molar-refractivity contribution is -0.148. The maximum atomic E-state index is 12.3. The van der Waals surface area contributed by atoms with Crippen LogP contribution in [0.15, 0.2) is 35.3 Å². The van der Waals surface area contributed by atoms with Crippen LogP contribution in [0.1, 0.15) is 12.5 Å². The van der Waals surface area contributed by atoms with Crippen LogP contribution in [0.25, 0.3) is 0 Å². The van der Waals surface area contributed by atoms with E-state index in [1.807, 2.05) is 30.3 Å². The first-order chi connectivity index (χ1) is 10.1. The monoisotopic (exact) mass is 306 g/mol. The molecule has 1 aromatic carbocycles. The standard InChI is InChI=1S/C15H18N2O3S/c1-3-20-13(18)9-17(2)15(19)12-10-21-14(16-12)11-7-5-4-6-8-11/h4-8,12H,3,9-10H2,1-2H3. The van der Waals surface area contributed by atoms with Crippen LogP contribution in [0.4, 0.5) is 0 Å². The number of aliphatic imine (C=N–C) groups is 1. The number of esters is 1. The van der Waals surface area contributed by atoms with Crippen molar-refractivity contribution in [3.8, 4) is 0 Å². The molecule has 1 heterocycles. The van der Waals surface area contributed by atoms with Crippen LogP contribution in [-0.2, 0) is 14.3 Å². The average molecular weight is 306 g/mol. The highest BCUT2D eigenvalue weighted by atomic mass is 32.2. The van der Waals surface area contributed by atoms with E-state index in [1.54, 1.807) is 25.7 Å². The second kappa shape index (κ2) is 7.26. The highest BCUT2D eigenvalue weighted by molar-refractivity contribution is 8.14. The Hall–Kier alpha value is -1.82. The molecular weight excluding hydrogens is 288 g/mol. The first-order valence-electron chi connectivity index (χ1n) is 6.78. The molecule has 21 heavy (non-hydrogen) atoms. The van der Waals surface area contributed by atoms with Gasteiger partial charge in [-0.3, -0.25) is 14.6 Å². The van der Waals surface area contributed by atoms with Crippen LogP contribution in [0.5, 0.6) is 0 Å². The number of carbonyl (C=O) groups excluding carboxylic acids is 2. The summed E-state index contributed by atoms with van der Waals surface area (Å²) in [5.74, 6) is 0.0590. The zero-order valence-electron chi connectivity index (χ0n) is 12.1. The molecule has 6 heteroatoms. The highest BCUT2D eigenvalue weighted by Gasteiger charge is 2.28. The van der Waals surface area contributed by atoms with Crippen molar-refractivity contribution >= 4 is 28.7 Å². The second-order valence-corrected chi connectivity index (χ2v) is 5.64. The average Bonchev–Trinajstić information content (AvgIpc) is 2.97. The van der Waals surface area contributed by atoms with Crippen molar-refractivity contribution in [3.63, 3.8) is 0 Å². The number of carbonyl (C=O) groups is 2. The van der Waals surface area contributed by atoms with Gasteiger partial charge in [-0.2, -0.15) is 0 Å². The van der Waals surface area contributed by atoms with Gasteiger partial charge < -0.3 is 9.64 Å². The van der Waals surface area contributed by atoms with Gasteiger partial charge in [-0.25, -0.2) is 0 Å². The van der Waals surface area contributed by atoms with Gasteiger partial charge in [0.05, 0.1) is 11.7 Å². The molecule has 0 aliphatic carbocycles. The number of benzene rings is 1. The molecule has 112 valence electrons. The Labute approximate surface area is 128 Å². The summed E-state index contributed by atoms with van der Waals surface area (Å²) in [5, 5.41) is 0.874. The lowest BCUT2D eigenvalue weighted by Crippen LogP contribution is -2.39. The van der Waals surface area contributed by atoms with E-state index in [9.17, 15) is 9.59 Å². The number of hydrogen-bond donors (Lipinski definition) is 0. The highest BCUT2D eigenvalue weighted by Crippen LogP contribution is 2.24. The topological polar surface area (TPSA) is 59.0 Å². The quantitative estimate of drug-likeness (QED) is 0.775. The molecule has 0 N–H and O–H groups in total.